The van der Waals surface area contributed by atoms with Gasteiger partial charge in [-0.25, -0.2) is 0 Å². The zero-order valence-electron chi connectivity index (χ0n) is 6.50. The SMILES string of the molecule is Cc1ccc2c(c1)[C@@H](N)CO2. The monoisotopic (exact) mass is 149 g/mol. The molecule has 58 valence electrons. The van der Waals surface area contributed by atoms with Gasteiger partial charge in [-0.3, -0.25) is 0 Å². The molecular weight excluding hydrogens is 138 g/mol. The maximum absolute atomic E-state index is 5.79. The third-order valence-electron chi connectivity index (χ3n) is 1.98. The van der Waals surface area contributed by atoms with Crippen LogP contribution in [0.15, 0.2) is 18.2 Å². The maximum atomic E-state index is 5.79. The van der Waals surface area contributed by atoms with Crippen molar-refractivity contribution in [2.45, 2.75) is 13.0 Å². The number of rotatable bonds is 0. The molecule has 0 aromatic heterocycles. The van der Waals surface area contributed by atoms with Crippen LogP contribution in [0.2, 0.25) is 0 Å². The van der Waals surface area contributed by atoms with Gasteiger partial charge in [0, 0.05) is 5.56 Å². The first-order valence-corrected chi connectivity index (χ1v) is 3.76. The lowest BCUT2D eigenvalue weighted by atomic mass is 10.1. The van der Waals surface area contributed by atoms with Crippen molar-refractivity contribution in [2.24, 2.45) is 5.73 Å². The molecule has 2 heteroatoms. The van der Waals surface area contributed by atoms with Crippen molar-refractivity contribution in [1.82, 2.24) is 0 Å². The molecular formula is C9H11NO. The third-order valence-corrected chi connectivity index (χ3v) is 1.98. The largest absolute Gasteiger partial charge is 0.491 e. The first-order chi connectivity index (χ1) is 5.27. The molecule has 0 aliphatic carbocycles. The van der Waals surface area contributed by atoms with E-state index in [1.165, 1.54) is 5.56 Å². The van der Waals surface area contributed by atoms with Crippen LogP contribution in [0.1, 0.15) is 17.2 Å². The summed E-state index contributed by atoms with van der Waals surface area (Å²) in [6.45, 7) is 2.68. The van der Waals surface area contributed by atoms with Gasteiger partial charge in [0.05, 0.1) is 6.04 Å². The lowest BCUT2D eigenvalue weighted by Gasteiger charge is -2.00. The second kappa shape index (κ2) is 2.24. The quantitative estimate of drug-likeness (QED) is 0.605. The fourth-order valence-corrected chi connectivity index (χ4v) is 1.36. The summed E-state index contributed by atoms with van der Waals surface area (Å²) in [5.74, 6) is 0.947. The molecule has 1 aromatic carbocycles. The summed E-state index contributed by atoms with van der Waals surface area (Å²) in [4.78, 5) is 0. The van der Waals surface area contributed by atoms with Crippen LogP contribution in [0.25, 0.3) is 0 Å². The van der Waals surface area contributed by atoms with Crippen LogP contribution >= 0.6 is 0 Å². The summed E-state index contributed by atoms with van der Waals surface area (Å²) < 4.78 is 5.34. The Morgan fingerprint density at radius 3 is 3.18 bits per heavy atom. The molecule has 0 bridgehead atoms. The Hall–Kier alpha value is -1.02. The van der Waals surface area contributed by atoms with E-state index >= 15 is 0 Å². The zero-order valence-corrected chi connectivity index (χ0v) is 6.50. The summed E-state index contributed by atoms with van der Waals surface area (Å²) in [6, 6.07) is 6.19. The Balaban J connectivity index is 2.52. The van der Waals surface area contributed by atoms with E-state index in [0.29, 0.717) is 6.61 Å². The Labute approximate surface area is 66.0 Å². The predicted molar refractivity (Wildman–Crippen MR) is 43.6 cm³/mol. The third kappa shape index (κ3) is 0.994. The number of hydrogen-bond acceptors (Lipinski definition) is 2. The van der Waals surface area contributed by atoms with Crippen LogP contribution in [-0.2, 0) is 0 Å². The van der Waals surface area contributed by atoms with E-state index < -0.39 is 0 Å². The second-order valence-corrected chi connectivity index (χ2v) is 2.96. The minimum absolute atomic E-state index is 0.0740. The molecule has 0 saturated carbocycles. The van der Waals surface area contributed by atoms with Gasteiger partial charge in [-0.05, 0) is 13.0 Å². The lowest BCUT2D eigenvalue weighted by Crippen LogP contribution is -2.10. The molecule has 1 atom stereocenters. The van der Waals surface area contributed by atoms with Crippen molar-refractivity contribution in [3.05, 3.63) is 29.3 Å². The number of aryl methyl sites for hydroxylation is 1. The summed E-state index contributed by atoms with van der Waals surface area (Å²) in [6.07, 6.45) is 0. The van der Waals surface area contributed by atoms with Crippen molar-refractivity contribution in [3.8, 4) is 5.75 Å². The van der Waals surface area contributed by atoms with Crippen molar-refractivity contribution < 1.29 is 4.74 Å². The van der Waals surface area contributed by atoms with Crippen LogP contribution in [-0.4, -0.2) is 6.61 Å². The van der Waals surface area contributed by atoms with Gasteiger partial charge >= 0.3 is 0 Å². The van der Waals surface area contributed by atoms with Crippen LogP contribution in [0.4, 0.5) is 0 Å². The molecule has 2 nitrogen and oxygen atoms in total. The van der Waals surface area contributed by atoms with Crippen molar-refractivity contribution in [3.63, 3.8) is 0 Å². The Bertz CT molecular complexity index is 283. The molecule has 1 aromatic rings. The molecule has 0 spiro atoms. The normalized spacial score (nSPS) is 21.1. The van der Waals surface area contributed by atoms with E-state index in [1.54, 1.807) is 0 Å². The van der Waals surface area contributed by atoms with Crippen LogP contribution < -0.4 is 10.5 Å². The first-order valence-electron chi connectivity index (χ1n) is 3.76. The van der Waals surface area contributed by atoms with E-state index in [2.05, 4.69) is 13.0 Å². The number of ether oxygens (including phenoxy) is 1. The molecule has 0 amide bonds. The minimum Gasteiger partial charge on any atom is -0.491 e. The Morgan fingerprint density at radius 2 is 2.36 bits per heavy atom. The molecule has 1 heterocycles. The minimum atomic E-state index is 0.0740. The van der Waals surface area contributed by atoms with E-state index in [-0.39, 0.29) is 6.04 Å². The van der Waals surface area contributed by atoms with E-state index in [1.807, 2.05) is 12.1 Å². The molecule has 2 N–H and O–H groups in total. The smallest absolute Gasteiger partial charge is 0.124 e. The van der Waals surface area contributed by atoms with Crippen LogP contribution in [0.5, 0.6) is 5.75 Å². The first kappa shape index (κ1) is 6.68. The van der Waals surface area contributed by atoms with Crippen LogP contribution in [0, 0.1) is 6.92 Å². The summed E-state index contributed by atoms with van der Waals surface area (Å²) in [7, 11) is 0. The van der Waals surface area contributed by atoms with Gasteiger partial charge in [0.2, 0.25) is 0 Å². The van der Waals surface area contributed by atoms with E-state index in [0.717, 1.165) is 11.3 Å². The lowest BCUT2D eigenvalue weighted by molar-refractivity contribution is 0.333. The molecule has 0 fully saturated rings. The number of hydrogen-bond donors (Lipinski definition) is 1. The molecule has 1 aliphatic rings. The van der Waals surface area contributed by atoms with Gasteiger partial charge in [-0.1, -0.05) is 17.7 Å². The molecule has 1 aliphatic heterocycles. The Morgan fingerprint density at radius 1 is 1.55 bits per heavy atom. The molecule has 2 rings (SSSR count). The van der Waals surface area contributed by atoms with E-state index in [9.17, 15) is 0 Å². The van der Waals surface area contributed by atoms with Crippen molar-refractivity contribution >= 4 is 0 Å². The summed E-state index contributed by atoms with van der Waals surface area (Å²) in [5, 5.41) is 0. The fraction of sp³-hybridized carbons (Fsp3) is 0.333. The maximum Gasteiger partial charge on any atom is 0.124 e. The number of fused-ring (bicyclic) bond motifs is 1. The van der Waals surface area contributed by atoms with Gasteiger partial charge in [0.25, 0.3) is 0 Å². The van der Waals surface area contributed by atoms with Gasteiger partial charge < -0.3 is 10.5 Å². The average Bonchev–Trinajstić information content (AvgIpc) is 2.33. The van der Waals surface area contributed by atoms with Gasteiger partial charge in [0.1, 0.15) is 12.4 Å². The zero-order chi connectivity index (χ0) is 7.84. The predicted octanol–water partition coefficient (Wildman–Crippen LogP) is 1.39. The molecule has 0 radical (unpaired) electrons. The van der Waals surface area contributed by atoms with Gasteiger partial charge in [-0.15, -0.1) is 0 Å². The van der Waals surface area contributed by atoms with Gasteiger partial charge in [-0.2, -0.15) is 0 Å². The van der Waals surface area contributed by atoms with Crippen molar-refractivity contribution in [1.29, 1.82) is 0 Å². The number of benzene rings is 1. The highest BCUT2D eigenvalue weighted by molar-refractivity contribution is 5.41. The number of nitrogens with two attached hydrogens (primary N) is 1. The van der Waals surface area contributed by atoms with Crippen molar-refractivity contribution in [2.75, 3.05) is 6.61 Å². The molecule has 0 saturated heterocycles. The highest BCUT2D eigenvalue weighted by Gasteiger charge is 2.19. The average molecular weight is 149 g/mol. The van der Waals surface area contributed by atoms with Crippen LogP contribution in [0.3, 0.4) is 0 Å². The topological polar surface area (TPSA) is 35.2 Å². The van der Waals surface area contributed by atoms with E-state index in [4.69, 9.17) is 10.5 Å². The summed E-state index contributed by atoms with van der Waals surface area (Å²) >= 11 is 0. The molecule has 0 unspecified atom stereocenters. The Kier molecular flexibility index (Phi) is 1.36. The second-order valence-electron chi connectivity index (χ2n) is 2.96. The molecule has 11 heavy (non-hydrogen) atoms. The highest BCUT2D eigenvalue weighted by Crippen LogP contribution is 2.30. The summed E-state index contributed by atoms with van der Waals surface area (Å²) in [5.41, 5.74) is 8.17. The van der Waals surface area contributed by atoms with Gasteiger partial charge in [0.15, 0.2) is 0 Å². The highest BCUT2D eigenvalue weighted by atomic mass is 16.5. The standard InChI is InChI=1S/C9H11NO/c1-6-2-3-9-7(4-6)8(10)5-11-9/h2-4,8H,5,10H2,1H3/t8-/m0/s1. The fourth-order valence-electron chi connectivity index (χ4n) is 1.36.